The van der Waals surface area contributed by atoms with E-state index in [4.69, 9.17) is 9.72 Å². The summed E-state index contributed by atoms with van der Waals surface area (Å²) in [5, 5.41) is 16.8. The van der Waals surface area contributed by atoms with Gasteiger partial charge in [-0.25, -0.2) is 13.8 Å². The summed E-state index contributed by atoms with van der Waals surface area (Å²) in [5.41, 5.74) is 3.32. The van der Waals surface area contributed by atoms with Crippen molar-refractivity contribution in [2.24, 2.45) is 0 Å². The molecule has 214 valence electrons. The fourth-order valence-electron chi connectivity index (χ4n) is 4.86. The monoisotopic (exact) mass is 547 g/mol. The fraction of sp³-hybridized carbons (Fsp3) is 0.643. The molecule has 1 saturated carbocycles. The lowest BCUT2D eigenvalue weighted by atomic mass is 10.1. The molecule has 0 bridgehead atoms. The Morgan fingerprint density at radius 1 is 1.28 bits per heavy atom. The van der Waals surface area contributed by atoms with Crippen LogP contribution < -0.4 is 15.4 Å². The van der Waals surface area contributed by atoms with Crippen LogP contribution in [0.25, 0.3) is 0 Å². The highest BCUT2D eigenvalue weighted by Gasteiger charge is 2.28. The Kier molecular flexibility index (Phi) is 10.8. The first-order valence-electron chi connectivity index (χ1n) is 14.1. The largest absolute Gasteiger partial charge is 0.428 e. The average molecular weight is 548 g/mol. The van der Waals surface area contributed by atoms with Crippen molar-refractivity contribution in [2.75, 3.05) is 50.0 Å². The Labute approximate surface area is 228 Å². The highest BCUT2D eigenvalue weighted by molar-refractivity contribution is 5.83. The number of carbonyl (C=O) groups is 1. The summed E-state index contributed by atoms with van der Waals surface area (Å²) >= 11 is 0. The number of aryl methyl sites for hydroxylation is 2. The Balaban J connectivity index is 1.28. The molecule has 1 atom stereocenters. The van der Waals surface area contributed by atoms with E-state index in [9.17, 15) is 18.8 Å². The number of carbonyl (C=O) groups excluding carboxylic acids is 1. The number of anilines is 2. The van der Waals surface area contributed by atoms with Crippen LogP contribution in [0.5, 0.6) is 0 Å². The summed E-state index contributed by atoms with van der Waals surface area (Å²) in [6.07, 6.45) is 8.47. The van der Waals surface area contributed by atoms with E-state index in [0.29, 0.717) is 25.4 Å². The number of alkyl halides is 2. The van der Waals surface area contributed by atoms with Gasteiger partial charge in [0.05, 0.1) is 6.61 Å². The number of rotatable bonds is 17. The topological polar surface area (TPSA) is 103 Å². The van der Waals surface area contributed by atoms with Crippen molar-refractivity contribution in [2.45, 2.75) is 76.7 Å². The number of hydrogen-bond acceptors (Lipinski definition) is 8. The van der Waals surface area contributed by atoms with Crippen LogP contribution in [-0.4, -0.2) is 77.7 Å². The van der Waals surface area contributed by atoms with Crippen LogP contribution >= 0.6 is 0 Å². The molecule has 3 N–H and O–H groups in total. The van der Waals surface area contributed by atoms with Crippen LogP contribution in [0.1, 0.15) is 68.2 Å². The number of pyridine rings is 1. The molecule has 1 aliphatic carbocycles. The molecule has 1 aliphatic heterocycles. The van der Waals surface area contributed by atoms with Gasteiger partial charge in [0.1, 0.15) is 30.9 Å². The van der Waals surface area contributed by atoms with Crippen molar-refractivity contribution in [1.82, 2.24) is 14.9 Å². The maximum absolute atomic E-state index is 12.5. The average Bonchev–Trinajstić information content (AvgIpc) is 3.77. The zero-order valence-corrected chi connectivity index (χ0v) is 22.7. The Bertz CT molecular complexity index is 1090. The molecule has 4 rings (SSSR count). The quantitative estimate of drug-likeness (QED) is 0.157. The summed E-state index contributed by atoms with van der Waals surface area (Å²) in [7, 11) is 0. The van der Waals surface area contributed by atoms with Gasteiger partial charge in [-0.05, 0) is 76.0 Å². The van der Waals surface area contributed by atoms with Gasteiger partial charge < -0.3 is 20.2 Å². The number of Topliss-reactive ketones (excluding diaryl/α,β-unsaturated/α-hetero) is 1. The van der Waals surface area contributed by atoms with Gasteiger partial charge in [0, 0.05) is 37.3 Å². The number of ketones is 1. The molecule has 0 spiro atoms. The first-order valence-corrected chi connectivity index (χ1v) is 14.1. The predicted octanol–water partition coefficient (Wildman–Crippen LogP) is 3.60. The van der Waals surface area contributed by atoms with E-state index in [0.717, 1.165) is 79.8 Å². The number of nitrogens with zero attached hydrogens (tertiary/aromatic N) is 4. The standard InChI is InChI=1S/C28H40F2N6O3/c1-20(37)25(34-28-32-17-23(18-36(28)38)21-7-8-21)11-14-35(15-16-39-19-26(29)30)13-3-2-6-24-10-9-22-5-4-12-31-27(22)33-24/h9-10,17-18,21,25-26,38H,2-8,11-16,19H2,1H3,(H,31,33)/p+1/t25-/m0/s1. The lowest BCUT2D eigenvalue weighted by Crippen LogP contribution is -2.42. The van der Waals surface area contributed by atoms with Gasteiger partial charge in [0.25, 0.3) is 6.43 Å². The molecule has 39 heavy (non-hydrogen) atoms. The van der Waals surface area contributed by atoms with Crippen LogP contribution in [-0.2, 0) is 22.4 Å². The van der Waals surface area contributed by atoms with E-state index in [1.54, 1.807) is 12.4 Å². The van der Waals surface area contributed by atoms with Gasteiger partial charge >= 0.3 is 5.95 Å². The van der Waals surface area contributed by atoms with E-state index in [-0.39, 0.29) is 18.3 Å². The van der Waals surface area contributed by atoms with Crippen LogP contribution in [0.15, 0.2) is 24.5 Å². The summed E-state index contributed by atoms with van der Waals surface area (Å²) in [6.45, 7) is 3.90. The number of ether oxygens (including phenoxy) is 1. The van der Waals surface area contributed by atoms with E-state index < -0.39 is 19.1 Å². The summed E-state index contributed by atoms with van der Waals surface area (Å²) in [6, 6.07) is 3.72. The zero-order chi connectivity index (χ0) is 27.6. The van der Waals surface area contributed by atoms with Gasteiger partial charge in [0.15, 0.2) is 5.78 Å². The maximum atomic E-state index is 12.5. The number of unbranched alkanes of at least 4 members (excludes halogenated alkanes) is 1. The van der Waals surface area contributed by atoms with Crippen molar-refractivity contribution in [3.8, 4) is 0 Å². The number of fused-ring (bicyclic) bond motifs is 1. The van der Waals surface area contributed by atoms with Crippen molar-refractivity contribution < 1.29 is 28.2 Å². The Morgan fingerprint density at radius 3 is 2.87 bits per heavy atom. The molecular weight excluding hydrogens is 506 g/mol. The smallest absolute Gasteiger partial charge is 0.374 e. The molecular formula is C28H41F2N6O3+. The zero-order valence-electron chi connectivity index (χ0n) is 22.7. The molecule has 0 unspecified atom stereocenters. The minimum atomic E-state index is -2.49. The highest BCUT2D eigenvalue weighted by Crippen LogP contribution is 2.39. The number of aromatic nitrogens is 3. The first kappa shape index (κ1) is 29.1. The molecule has 0 aromatic carbocycles. The third kappa shape index (κ3) is 9.35. The van der Waals surface area contributed by atoms with E-state index in [1.165, 1.54) is 12.5 Å². The van der Waals surface area contributed by atoms with Crippen molar-refractivity contribution in [3.05, 3.63) is 41.3 Å². The van der Waals surface area contributed by atoms with Crippen molar-refractivity contribution >= 4 is 17.5 Å². The maximum Gasteiger partial charge on any atom is 0.428 e. The number of nitrogens with one attached hydrogen (secondary N) is 2. The van der Waals surface area contributed by atoms with E-state index in [1.807, 2.05) is 0 Å². The van der Waals surface area contributed by atoms with E-state index in [2.05, 4.69) is 32.7 Å². The second kappa shape index (κ2) is 14.5. The fourth-order valence-corrected chi connectivity index (χ4v) is 4.86. The molecule has 2 aromatic rings. The van der Waals surface area contributed by atoms with Gasteiger partial charge in [-0.1, -0.05) is 15.8 Å². The Morgan fingerprint density at radius 2 is 2.13 bits per heavy atom. The minimum Gasteiger partial charge on any atom is -0.374 e. The molecule has 0 radical (unpaired) electrons. The molecule has 9 nitrogen and oxygen atoms in total. The minimum absolute atomic E-state index is 0.0657. The SMILES string of the molecule is CC(=O)[C@H](CCN(CCCCc1ccc2c(n1)NCCC2)CCOCC(F)F)Nc1ncc(C2CC2)c[n+]1O. The first-order chi connectivity index (χ1) is 18.9. The lowest BCUT2D eigenvalue weighted by molar-refractivity contribution is -0.895. The summed E-state index contributed by atoms with van der Waals surface area (Å²) in [4.78, 5) is 23.6. The number of halogens is 2. The van der Waals surface area contributed by atoms with Crippen LogP contribution in [0.4, 0.5) is 20.5 Å². The molecule has 2 aliphatic rings. The van der Waals surface area contributed by atoms with Gasteiger partial charge in [-0.2, -0.15) is 0 Å². The summed E-state index contributed by atoms with van der Waals surface area (Å²) < 4.78 is 31.1. The molecule has 0 saturated heterocycles. The summed E-state index contributed by atoms with van der Waals surface area (Å²) in [5.74, 6) is 1.61. The van der Waals surface area contributed by atoms with Crippen molar-refractivity contribution in [1.29, 1.82) is 0 Å². The third-order valence-electron chi connectivity index (χ3n) is 7.31. The third-order valence-corrected chi connectivity index (χ3v) is 7.31. The molecule has 2 aromatic heterocycles. The predicted molar refractivity (Wildman–Crippen MR) is 144 cm³/mol. The van der Waals surface area contributed by atoms with Crippen LogP contribution in [0.3, 0.4) is 0 Å². The molecule has 0 amide bonds. The molecule has 11 heteroatoms. The van der Waals surface area contributed by atoms with Gasteiger partial charge in [-0.3, -0.25) is 10.1 Å². The molecule has 1 fully saturated rings. The second-order valence-corrected chi connectivity index (χ2v) is 10.5. The normalized spacial score (nSPS) is 15.7. The second-order valence-electron chi connectivity index (χ2n) is 10.5. The lowest BCUT2D eigenvalue weighted by Gasteiger charge is -2.24. The molecule has 3 heterocycles. The van der Waals surface area contributed by atoms with Crippen LogP contribution in [0.2, 0.25) is 0 Å². The Hall–Kier alpha value is -2.92. The number of hydrogen-bond donors (Lipinski definition) is 3. The van der Waals surface area contributed by atoms with Gasteiger partial charge in [0.2, 0.25) is 0 Å². The van der Waals surface area contributed by atoms with Gasteiger partial charge in [-0.15, -0.1) is 0 Å². The van der Waals surface area contributed by atoms with Crippen molar-refractivity contribution in [3.63, 3.8) is 0 Å². The highest BCUT2D eigenvalue weighted by atomic mass is 19.3. The van der Waals surface area contributed by atoms with E-state index >= 15 is 0 Å². The van der Waals surface area contributed by atoms with Crippen LogP contribution in [0, 0.1) is 0 Å².